The molecule has 1 atom stereocenters. The number of aromatic nitrogens is 1. The van der Waals surface area contributed by atoms with E-state index in [1.54, 1.807) is 12.1 Å². The average molecular weight is 273 g/mol. The molecule has 5 heteroatoms. The Morgan fingerprint density at radius 2 is 2.20 bits per heavy atom. The SMILES string of the molecule is Cc1noc(C)c1C(C)NCc1cccc(C#N)c1F. The lowest BCUT2D eigenvalue weighted by Crippen LogP contribution is -2.20. The van der Waals surface area contributed by atoms with Crippen molar-refractivity contribution < 1.29 is 8.91 Å². The Bertz CT molecular complexity index is 638. The first kappa shape index (κ1) is 14.2. The second-order valence-corrected chi connectivity index (χ2v) is 4.73. The average Bonchev–Trinajstić information content (AvgIpc) is 2.77. The Morgan fingerprint density at radius 3 is 2.80 bits per heavy atom. The first-order valence-electron chi connectivity index (χ1n) is 6.38. The zero-order valence-corrected chi connectivity index (χ0v) is 11.7. The van der Waals surface area contributed by atoms with Gasteiger partial charge in [0.15, 0.2) is 0 Å². The van der Waals surface area contributed by atoms with E-state index in [1.165, 1.54) is 6.07 Å². The fourth-order valence-corrected chi connectivity index (χ4v) is 2.28. The van der Waals surface area contributed by atoms with Gasteiger partial charge in [0.25, 0.3) is 0 Å². The van der Waals surface area contributed by atoms with Gasteiger partial charge in [0, 0.05) is 23.7 Å². The summed E-state index contributed by atoms with van der Waals surface area (Å²) in [7, 11) is 0. The maximum absolute atomic E-state index is 13.9. The van der Waals surface area contributed by atoms with E-state index in [9.17, 15) is 4.39 Å². The second-order valence-electron chi connectivity index (χ2n) is 4.73. The summed E-state index contributed by atoms with van der Waals surface area (Å²) in [5, 5.41) is 15.9. The Balaban J connectivity index is 2.12. The Hall–Kier alpha value is -2.19. The Labute approximate surface area is 117 Å². The summed E-state index contributed by atoms with van der Waals surface area (Å²) in [5.74, 6) is 0.294. The summed E-state index contributed by atoms with van der Waals surface area (Å²) < 4.78 is 19.1. The Kier molecular flexibility index (Phi) is 4.16. The van der Waals surface area contributed by atoms with Crippen LogP contribution in [0.4, 0.5) is 4.39 Å². The lowest BCUT2D eigenvalue weighted by molar-refractivity contribution is 0.390. The number of benzene rings is 1. The van der Waals surface area contributed by atoms with Crippen molar-refractivity contribution in [3.8, 4) is 6.07 Å². The number of hydrogen-bond donors (Lipinski definition) is 1. The van der Waals surface area contributed by atoms with E-state index >= 15 is 0 Å². The van der Waals surface area contributed by atoms with Gasteiger partial charge in [-0.1, -0.05) is 17.3 Å². The van der Waals surface area contributed by atoms with E-state index in [0.717, 1.165) is 17.0 Å². The van der Waals surface area contributed by atoms with Crippen LogP contribution in [0.3, 0.4) is 0 Å². The predicted octanol–water partition coefficient (Wildman–Crippen LogP) is 3.15. The molecule has 1 aromatic carbocycles. The summed E-state index contributed by atoms with van der Waals surface area (Å²) in [4.78, 5) is 0. The van der Waals surface area contributed by atoms with E-state index < -0.39 is 5.82 Å². The van der Waals surface area contributed by atoms with Crippen LogP contribution >= 0.6 is 0 Å². The highest BCUT2D eigenvalue weighted by atomic mass is 19.1. The van der Waals surface area contributed by atoms with Gasteiger partial charge in [-0.25, -0.2) is 4.39 Å². The van der Waals surface area contributed by atoms with Crippen LogP contribution in [-0.2, 0) is 6.54 Å². The van der Waals surface area contributed by atoms with Crippen molar-refractivity contribution in [2.45, 2.75) is 33.4 Å². The van der Waals surface area contributed by atoms with Crippen molar-refractivity contribution in [1.29, 1.82) is 5.26 Å². The van der Waals surface area contributed by atoms with Gasteiger partial charge in [-0.05, 0) is 26.8 Å². The van der Waals surface area contributed by atoms with Crippen LogP contribution in [-0.4, -0.2) is 5.16 Å². The maximum Gasteiger partial charge on any atom is 0.145 e. The van der Waals surface area contributed by atoms with Gasteiger partial charge in [0.2, 0.25) is 0 Å². The molecule has 0 bridgehead atoms. The van der Waals surface area contributed by atoms with Crippen LogP contribution in [0.1, 0.15) is 41.1 Å². The summed E-state index contributed by atoms with van der Waals surface area (Å²) in [6, 6.07) is 6.65. The molecule has 0 saturated heterocycles. The van der Waals surface area contributed by atoms with E-state index in [4.69, 9.17) is 9.78 Å². The number of halogens is 1. The van der Waals surface area contributed by atoms with E-state index in [0.29, 0.717) is 12.1 Å². The minimum Gasteiger partial charge on any atom is -0.361 e. The summed E-state index contributed by atoms with van der Waals surface area (Å²) in [5.41, 5.74) is 2.35. The molecule has 0 saturated carbocycles. The van der Waals surface area contributed by atoms with Crippen LogP contribution in [0.5, 0.6) is 0 Å². The number of aryl methyl sites for hydroxylation is 2. The third-order valence-electron chi connectivity index (χ3n) is 3.32. The highest BCUT2D eigenvalue weighted by Gasteiger charge is 2.16. The molecule has 1 unspecified atom stereocenters. The number of nitrogens with zero attached hydrogens (tertiary/aromatic N) is 2. The standard InChI is InChI=1S/C15H16FN3O/c1-9(14-10(2)19-20-11(14)3)18-8-13-6-4-5-12(7-17)15(13)16/h4-6,9,18H,8H2,1-3H3. The van der Waals surface area contributed by atoms with Crippen molar-refractivity contribution >= 4 is 0 Å². The third kappa shape index (κ3) is 2.70. The summed E-state index contributed by atoms with van der Waals surface area (Å²) >= 11 is 0. The quantitative estimate of drug-likeness (QED) is 0.929. The molecule has 0 amide bonds. The van der Waals surface area contributed by atoms with Crippen molar-refractivity contribution in [3.63, 3.8) is 0 Å². The molecular weight excluding hydrogens is 257 g/mol. The topological polar surface area (TPSA) is 61.9 Å². The summed E-state index contributed by atoms with van der Waals surface area (Å²) in [6.45, 7) is 6.04. The monoisotopic (exact) mass is 273 g/mol. The molecule has 2 aromatic rings. The third-order valence-corrected chi connectivity index (χ3v) is 3.32. The van der Waals surface area contributed by atoms with Crippen LogP contribution in [0.15, 0.2) is 22.7 Å². The Morgan fingerprint density at radius 1 is 1.45 bits per heavy atom. The van der Waals surface area contributed by atoms with Crippen molar-refractivity contribution in [1.82, 2.24) is 10.5 Å². The molecule has 1 N–H and O–H groups in total. The first-order valence-corrected chi connectivity index (χ1v) is 6.38. The molecule has 20 heavy (non-hydrogen) atoms. The molecule has 0 aliphatic rings. The maximum atomic E-state index is 13.9. The number of nitriles is 1. The van der Waals surface area contributed by atoms with Gasteiger partial charge in [0.05, 0.1) is 11.3 Å². The van der Waals surface area contributed by atoms with Gasteiger partial charge in [-0.15, -0.1) is 0 Å². The second kappa shape index (κ2) is 5.85. The molecule has 0 fully saturated rings. The number of rotatable bonds is 4. The van der Waals surface area contributed by atoms with Gasteiger partial charge in [-0.3, -0.25) is 0 Å². The van der Waals surface area contributed by atoms with Crippen molar-refractivity contribution in [2.75, 3.05) is 0 Å². The largest absolute Gasteiger partial charge is 0.361 e. The summed E-state index contributed by atoms with van der Waals surface area (Å²) in [6.07, 6.45) is 0. The predicted molar refractivity (Wildman–Crippen MR) is 72.3 cm³/mol. The van der Waals surface area contributed by atoms with Gasteiger partial charge in [0.1, 0.15) is 17.6 Å². The van der Waals surface area contributed by atoms with E-state index in [-0.39, 0.29) is 11.6 Å². The van der Waals surface area contributed by atoms with Gasteiger partial charge in [-0.2, -0.15) is 5.26 Å². The molecule has 4 nitrogen and oxygen atoms in total. The minimum atomic E-state index is -0.464. The molecule has 0 spiro atoms. The van der Waals surface area contributed by atoms with Crippen LogP contribution < -0.4 is 5.32 Å². The lowest BCUT2D eigenvalue weighted by atomic mass is 10.1. The fourth-order valence-electron chi connectivity index (χ4n) is 2.28. The van der Waals surface area contributed by atoms with Crippen LogP contribution in [0.2, 0.25) is 0 Å². The molecule has 0 aliphatic heterocycles. The van der Waals surface area contributed by atoms with Crippen LogP contribution in [0.25, 0.3) is 0 Å². The molecule has 104 valence electrons. The van der Waals surface area contributed by atoms with Gasteiger partial charge >= 0.3 is 0 Å². The zero-order valence-electron chi connectivity index (χ0n) is 11.7. The molecule has 1 heterocycles. The highest BCUT2D eigenvalue weighted by Crippen LogP contribution is 2.21. The highest BCUT2D eigenvalue weighted by molar-refractivity contribution is 5.35. The van der Waals surface area contributed by atoms with Crippen molar-refractivity contribution in [3.05, 3.63) is 52.2 Å². The van der Waals surface area contributed by atoms with Gasteiger partial charge < -0.3 is 9.84 Å². The normalized spacial score (nSPS) is 12.2. The number of nitrogens with one attached hydrogen (secondary N) is 1. The lowest BCUT2D eigenvalue weighted by Gasteiger charge is -2.14. The molecule has 0 radical (unpaired) electrons. The van der Waals surface area contributed by atoms with E-state index in [1.807, 2.05) is 26.8 Å². The van der Waals surface area contributed by atoms with Crippen LogP contribution in [0, 0.1) is 31.0 Å². The van der Waals surface area contributed by atoms with Crippen molar-refractivity contribution in [2.24, 2.45) is 0 Å². The minimum absolute atomic E-state index is 0.00797. The smallest absolute Gasteiger partial charge is 0.145 e. The molecule has 2 rings (SSSR count). The fraction of sp³-hybridized carbons (Fsp3) is 0.333. The number of hydrogen-bond acceptors (Lipinski definition) is 4. The molecule has 0 aliphatic carbocycles. The van der Waals surface area contributed by atoms with E-state index in [2.05, 4.69) is 10.5 Å². The molecule has 1 aromatic heterocycles. The molecular formula is C15H16FN3O. The zero-order chi connectivity index (χ0) is 14.7. The first-order chi connectivity index (χ1) is 9.54.